The van der Waals surface area contributed by atoms with Gasteiger partial charge in [0.1, 0.15) is 0 Å². The highest BCUT2D eigenvalue weighted by atomic mass is 127. The van der Waals surface area contributed by atoms with Gasteiger partial charge in [0.15, 0.2) is 0 Å². The van der Waals surface area contributed by atoms with Crippen LogP contribution in [0.15, 0.2) is 26.0 Å². The maximum atomic E-state index is 4.26. The molecule has 0 N–H and O–H groups in total. The van der Waals surface area contributed by atoms with E-state index in [-0.39, 0.29) is 0 Å². The molecule has 0 radical (unpaired) electrons. The van der Waals surface area contributed by atoms with Gasteiger partial charge in [0.25, 0.3) is 0 Å². The number of rotatable bonds is 0. The Kier molecular flexibility index (Phi) is 3.53. The second kappa shape index (κ2) is 3.78. The van der Waals surface area contributed by atoms with Gasteiger partial charge in [-0.05, 0) is 66.6 Å². The molecule has 0 nitrogen and oxygen atoms in total. The fourth-order valence-electron chi connectivity index (χ4n) is 0.512. The van der Waals surface area contributed by atoms with Crippen molar-refractivity contribution in [3.05, 3.63) is 24.6 Å². The van der Waals surface area contributed by atoms with Crippen LogP contribution in [-0.4, -0.2) is 0 Å². The highest BCUT2D eigenvalue weighted by molar-refractivity contribution is 14.1. The van der Waals surface area contributed by atoms with Gasteiger partial charge in [-0.25, -0.2) is 0 Å². The lowest BCUT2D eigenvalue weighted by molar-refractivity contribution is 1.37. The molecule has 0 aliphatic carbocycles. The quantitative estimate of drug-likeness (QED) is 0.383. The van der Waals surface area contributed by atoms with E-state index in [2.05, 4.69) is 67.1 Å². The van der Waals surface area contributed by atoms with Crippen LogP contribution in [0, 0.1) is 3.57 Å². The smallest absolute Gasteiger partial charge is 0.0329 e. The fourth-order valence-corrected chi connectivity index (χ4v) is 2.46. The standard InChI is InChI=1S/C6H3Br2IS/c7-3-1-5(9)6(10)2-4(3)8/h1-2,10H. The summed E-state index contributed by atoms with van der Waals surface area (Å²) in [5.41, 5.74) is 0. The first kappa shape index (κ1) is 9.35. The Labute approximate surface area is 95.6 Å². The maximum Gasteiger partial charge on any atom is 0.0329 e. The zero-order valence-corrected chi connectivity index (χ0v) is 11.0. The average molecular weight is 394 g/mol. The molecule has 0 fully saturated rings. The van der Waals surface area contributed by atoms with Gasteiger partial charge in [-0.3, -0.25) is 0 Å². The van der Waals surface area contributed by atoms with Crippen LogP contribution < -0.4 is 0 Å². The summed E-state index contributed by atoms with van der Waals surface area (Å²) in [6, 6.07) is 3.99. The number of halogens is 3. The molecule has 0 atom stereocenters. The Morgan fingerprint density at radius 3 is 2.20 bits per heavy atom. The zero-order chi connectivity index (χ0) is 7.72. The molecule has 1 aromatic rings. The second-order valence-corrected chi connectivity index (χ2v) is 5.07. The molecule has 0 unspecified atom stereocenters. The molecular formula is C6H3Br2IS. The van der Waals surface area contributed by atoms with Gasteiger partial charge in [0, 0.05) is 17.4 Å². The van der Waals surface area contributed by atoms with Gasteiger partial charge in [-0.2, -0.15) is 0 Å². The molecule has 0 aliphatic rings. The predicted molar refractivity (Wildman–Crippen MR) is 61.8 cm³/mol. The molecule has 0 aromatic heterocycles. The molecule has 4 heteroatoms. The minimum absolute atomic E-state index is 0.996. The van der Waals surface area contributed by atoms with E-state index in [0.29, 0.717) is 0 Å². The SMILES string of the molecule is Sc1cc(Br)c(Br)cc1I. The molecule has 54 valence electrons. The summed E-state index contributed by atoms with van der Waals surface area (Å²) >= 11 is 13.3. The predicted octanol–water partition coefficient (Wildman–Crippen LogP) is 4.10. The van der Waals surface area contributed by atoms with E-state index < -0.39 is 0 Å². The van der Waals surface area contributed by atoms with Crippen molar-refractivity contribution in [2.45, 2.75) is 4.90 Å². The van der Waals surface area contributed by atoms with Crippen molar-refractivity contribution in [2.24, 2.45) is 0 Å². The topological polar surface area (TPSA) is 0 Å². The highest BCUT2D eigenvalue weighted by Crippen LogP contribution is 2.29. The van der Waals surface area contributed by atoms with Crippen LogP contribution >= 0.6 is 67.1 Å². The lowest BCUT2D eigenvalue weighted by Gasteiger charge is -1.99. The van der Waals surface area contributed by atoms with Crippen molar-refractivity contribution in [3.8, 4) is 0 Å². The first-order chi connectivity index (χ1) is 4.61. The Balaban J connectivity index is 3.28. The average Bonchev–Trinajstić information content (AvgIpc) is 1.84. The van der Waals surface area contributed by atoms with Crippen molar-refractivity contribution in [3.63, 3.8) is 0 Å². The van der Waals surface area contributed by atoms with Crippen LogP contribution in [0.1, 0.15) is 0 Å². The third-order valence-corrected chi connectivity index (χ3v) is 4.52. The first-order valence-electron chi connectivity index (χ1n) is 2.45. The van der Waals surface area contributed by atoms with Crippen LogP contribution in [0.5, 0.6) is 0 Å². The summed E-state index contributed by atoms with van der Waals surface area (Å²) in [5, 5.41) is 0. The van der Waals surface area contributed by atoms with Crippen molar-refractivity contribution >= 4 is 67.1 Å². The van der Waals surface area contributed by atoms with Crippen LogP contribution in [0.25, 0.3) is 0 Å². The normalized spacial score (nSPS) is 10.0. The number of hydrogen-bond acceptors (Lipinski definition) is 1. The Hall–Kier alpha value is 1.26. The second-order valence-electron chi connectivity index (χ2n) is 1.72. The lowest BCUT2D eigenvalue weighted by atomic mass is 10.4. The van der Waals surface area contributed by atoms with E-state index in [4.69, 9.17) is 0 Å². The minimum Gasteiger partial charge on any atom is -0.142 e. The van der Waals surface area contributed by atoms with Crippen LogP contribution in [0.4, 0.5) is 0 Å². The van der Waals surface area contributed by atoms with Gasteiger partial charge in [-0.15, -0.1) is 12.6 Å². The molecule has 1 aromatic carbocycles. The highest BCUT2D eigenvalue weighted by Gasteiger charge is 2.00. The molecule has 0 heterocycles. The monoisotopic (exact) mass is 392 g/mol. The van der Waals surface area contributed by atoms with Gasteiger partial charge in [0.05, 0.1) is 0 Å². The van der Waals surface area contributed by atoms with E-state index in [1.54, 1.807) is 0 Å². The van der Waals surface area contributed by atoms with Crippen molar-refractivity contribution < 1.29 is 0 Å². The molecule has 0 bridgehead atoms. The Morgan fingerprint density at radius 1 is 1.20 bits per heavy atom. The van der Waals surface area contributed by atoms with Gasteiger partial charge >= 0.3 is 0 Å². The summed E-state index contributed by atoms with van der Waals surface area (Å²) in [4.78, 5) is 0.996. The fraction of sp³-hybridized carbons (Fsp3) is 0. The van der Waals surface area contributed by atoms with Crippen molar-refractivity contribution in [2.75, 3.05) is 0 Å². The van der Waals surface area contributed by atoms with E-state index in [9.17, 15) is 0 Å². The Bertz CT molecular complexity index is 212. The van der Waals surface area contributed by atoms with E-state index >= 15 is 0 Å². The van der Waals surface area contributed by atoms with Gasteiger partial charge < -0.3 is 0 Å². The van der Waals surface area contributed by atoms with Crippen LogP contribution in [0.2, 0.25) is 0 Å². The molecule has 0 saturated carbocycles. The molecular weight excluding hydrogens is 391 g/mol. The molecule has 0 aliphatic heterocycles. The van der Waals surface area contributed by atoms with Crippen LogP contribution in [0.3, 0.4) is 0 Å². The molecule has 0 spiro atoms. The zero-order valence-electron chi connectivity index (χ0n) is 4.74. The van der Waals surface area contributed by atoms with Crippen LogP contribution in [-0.2, 0) is 0 Å². The number of benzene rings is 1. The molecule has 0 amide bonds. The minimum atomic E-state index is 0.996. The summed E-state index contributed by atoms with van der Waals surface area (Å²) in [5.74, 6) is 0. The first-order valence-corrected chi connectivity index (χ1v) is 5.56. The maximum absolute atomic E-state index is 4.26. The number of hydrogen-bond donors (Lipinski definition) is 1. The third kappa shape index (κ3) is 2.12. The van der Waals surface area contributed by atoms with Gasteiger partial charge in [-0.1, -0.05) is 0 Å². The van der Waals surface area contributed by atoms with Crippen molar-refractivity contribution in [1.29, 1.82) is 0 Å². The summed E-state index contributed by atoms with van der Waals surface area (Å²) in [6.45, 7) is 0. The summed E-state index contributed by atoms with van der Waals surface area (Å²) < 4.78 is 3.25. The van der Waals surface area contributed by atoms with E-state index in [0.717, 1.165) is 17.4 Å². The molecule has 0 saturated heterocycles. The molecule has 10 heavy (non-hydrogen) atoms. The summed E-state index contributed by atoms with van der Waals surface area (Å²) in [6.07, 6.45) is 0. The molecule has 1 rings (SSSR count). The number of thiol groups is 1. The van der Waals surface area contributed by atoms with Gasteiger partial charge in [0.2, 0.25) is 0 Å². The lowest BCUT2D eigenvalue weighted by Crippen LogP contribution is -1.76. The van der Waals surface area contributed by atoms with E-state index in [1.807, 2.05) is 12.1 Å². The third-order valence-electron chi connectivity index (χ3n) is 0.990. The summed E-state index contributed by atoms with van der Waals surface area (Å²) in [7, 11) is 0. The largest absolute Gasteiger partial charge is 0.142 e. The van der Waals surface area contributed by atoms with E-state index in [1.165, 1.54) is 0 Å². The van der Waals surface area contributed by atoms with Crippen molar-refractivity contribution in [1.82, 2.24) is 0 Å². The Morgan fingerprint density at radius 2 is 1.70 bits per heavy atom.